The molecule has 1 atom stereocenters. The second-order valence-corrected chi connectivity index (χ2v) is 6.84. The summed E-state index contributed by atoms with van der Waals surface area (Å²) < 4.78 is 11.0. The van der Waals surface area contributed by atoms with Crippen molar-refractivity contribution in [1.82, 2.24) is 0 Å². The highest BCUT2D eigenvalue weighted by Gasteiger charge is 2.30. The molecule has 1 aliphatic rings. The zero-order valence-electron chi connectivity index (χ0n) is 15.4. The highest BCUT2D eigenvalue weighted by atomic mass is 16.5. The Morgan fingerprint density at radius 1 is 1.22 bits per heavy atom. The third-order valence-electron chi connectivity index (χ3n) is 5.02. The number of amides is 1. The Labute approximate surface area is 157 Å². The Kier molecular flexibility index (Phi) is 4.44. The summed E-state index contributed by atoms with van der Waals surface area (Å²) in [6.07, 6.45) is 1.59. The minimum atomic E-state index is -0.380. The molecule has 3 aromatic rings. The van der Waals surface area contributed by atoms with Crippen molar-refractivity contribution in [3.63, 3.8) is 0 Å². The molecule has 27 heavy (non-hydrogen) atoms. The number of carbonyl (C=O) groups is 1. The van der Waals surface area contributed by atoms with Crippen LogP contribution in [-0.2, 0) is 17.6 Å². The van der Waals surface area contributed by atoms with Gasteiger partial charge in [0, 0.05) is 29.2 Å². The fraction of sp³-hybridized carbons (Fsp3) is 0.273. The standard InChI is InChI=1S/C22H21NO4/c1-3-15-11-22(25)27-20-12-17(8-9-18(15)20)26-13-21(24)23-14(2)10-16-6-4-5-7-19(16)23/h4-9,11-12,14H,3,10,13H2,1-2H3. The molecule has 1 amide bonds. The monoisotopic (exact) mass is 363 g/mol. The van der Waals surface area contributed by atoms with Crippen LogP contribution in [0.5, 0.6) is 5.75 Å². The first-order valence-electron chi connectivity index (χ1n) is 9.16. The Hall–Kier alpha value is -3.08. The van der Waals surface area contributed by atoms with Gasteiger partial charge in [-0.25, -0.2) is 4.79 Å². The van der Waals surface area contributed by atoms with Gasteiger partial charge in [0.2, 0.25) is 0 Å². The number of fused-ring (bicyclic) bond motifs is 2. The fourth-order valence-corrected chi connectivity index (χ4v) is 3.75. The second kappa shape index (κ2) is 6.91. The molecular weight excluding hydrogens is 342 g/mol. The SMILES string of the molecule is CCc1cc(=O)oc2cc(OCC(=O)N3c4ccccc4CC3C)ccc12. The van der Waals surface area contributed by atoms with Crippen LogP contribution in [0.25, 0.3) is 11.0 Å². The maximum atomic E-state index is 12.7. The van der Waals surface area contributed by atoms with E-state index in [0.717, 1.165) is 29.5 Å². The Morgan fingerprint density at radius 2 is 2.04 bits per heavy atom. The predicted octanol–water partition coefficient (Wildman–Crippen LogP) is 3.71. The van der Waals surface area contributed by atoms with Gasteiger partial charge in [0.1, 0.15) is 11.3 Å². The van der Waals surface area contributed by atoms with Crippen molar-refractivity contribution < 1.29 is 13.9 Å². The molecule has 5 nitrogen and oxygen atoms in total. The normalized spacial score (nSPS) is 15.8. The van der Waals surface area contributed by atoms with Crippen LogP contribution in [0.15, 0.2) is 57.7 Å². The minimum absolute atomic E-state index is 0.0676. The number of benzene rings is 2. The van der Waals surface area contributed by atoms with E-state index in [2.05, 4.69) is 6.07 Å². The lowest BCUT2D eigenvalue weighted by Gasteiger charge is -2.22. The van der Waals surface area contributed by atoms with Crippen molar-refractivity contribution in [3.8, 4) is 5.75 Å². The molecule has 0 fully saturated rings. The summed E-state index contributed by atoms with van der Waals surface area (Å²) in [6.45, 7) is 3.96. The predicted molar refractivity (Wildman–Crippen MR) is 104 cm³/mol. The number of carbonyl (C=O) groups excluding carboxylic acids is 1. The van der Waals surface area contributed by atoms with Gasteiger partial charge in [0.25, 0.3) is 5.91 Å². The first-order valence-corrected chi connectivity index (χ1v) is 9.16. The molecule has 0 aliphatic carbocycles. The smallest absolute Gasteiger partial charge is 0.336 e. The summed E-state index contributed by atoms with van der Waals surface area (Å²) in [5.74, 6) is 0.420. The van der Waals surface area contributed by atoms with Crippen molar-refractivity contribution in [3.05, 3.63) is 70.1 Å². The third-order valence-corrected chi connectivity index (χ3v) is 5.02. The molecule has 2 heterocycles. The zero-order chi connectivity index (χ0) is 19.0. The van der Waals surface area contributed by atoms with E-state index < -0.39 is 0 Å². The molecule has 138 valence electrons. The van der Waals surface area contributed by atoms with Crippen LogP contribution in [0.3, 0.4) is 0 Å². The molecule has 1 aliphatic heterocycles. The molecule has 0 saturated carbocycles. The number of aryl methyl sites for hydroxylation is 1. The van der Waals surface area contributed by atoms with Crippen LogP contribution in [0, 0.1) is 0 Å². The van der Waals surface area contributed by atoms with Gasteiger partial charge in [-0.3, -0.25) is 4.79 Å². The molecule has 0 radical (unpaired) electrons. The average Bonchev–Trinajstić information content (AvgIpc) is 3.00. The lowest BCUT2D eigenvalue weighted by Crippen LogP contribution is -2.39. The van der Waals surface area contributed by atoms with E-state index in [4.69, 9.17) is 9.15 Å². The van der Waals surface area contributed by atoms with Crippen molar-refractivity contribution in [2.24, 2.45) is 0 Å². The summed E-state index contributed by atoms with van der Waals surface area (Å²) in [7, 11) is 0. The lowest BCUT2D eigenvalue weighted by molar-refractivity contribution is -0.120. The van der Waals surface area contributed by atoms with E-state index in [9.17, 15) is 9.59 Å². The van der Waals surface area contributed by atoms with Crippen molar-refractivity contribution in [2.45, 2.75) is 32.7 Å². The number of nitrogens with zero attached hydrogens (tertiary/aromatic N) is 1. The van der Waals surface area contributed by atoms with Gasteiger partial charge >= 0.3 is 5.63 Å². The largest absolute Gasteiger partial charge is 0.484 e. The van der Waals surface area contributed by atoms with Crippen molar-refractivity contribution in [2.75, 3.05) is 11.5 Å². The number of rotatable bonds is 4. The topological polar surface area (TPSA) is 59.8 Å². The molecule has 0 N–H and O–H groups in total. The van der Waals surface area contributed by atoms with Crippen molar-refractivity contribution >= 4 is 22.6 Å². The van der Waals surface area contributed by atoms with Crippen LogP contribution < -0.4 is 15.3 Å². The van der Waals surface area contributed by atoms with Gasteiger partial charge in [-0.15, -0.1) is 0 Å². The number of hydrogen-bond donors (Lipinski definition) is 0. The summed E-state index contributed by atoms with van der Waals surface area (Å²) >= 11 is 0. The van der Waals surface area contributed by atoms with Gasteiger partial charge in [-0.2, -0.15) is 0 Å². The first-order chi connectivity index (χ1) is 13.1. The van der Waals surface area contributed by atoms with Crippen LogP contribution in [0.1, 0.15) is 25.0 Å². The number of para-hydroxylation sites is 1. The Balaban J connectivity index is 1.53. The van der Waals surface area contributed by atoms with E-state index in [1.807, 2.05) is 38.1 Å². The molecular formula is C22H21NO4. The van der Waals surface area contributed by atoms with Gasteiger partial charge in [-0.05, 0) is 49.1 Å². The highest BCUT2D eigenvalue weighted by Crippen LogP contribution is 2.32. The molecule has 5 heteroatoms. The molecule has 0 saturated heterocycles. The van der Waals surface area contributed by atoms with E-state index in [1.54, 1.807) is 17.0 Å². The second-order valence-electron chi connectivity index (χ2n) is 6.84. The van der Waals surface area contributed by atoms with Crippen LogP contribution in [-0.4, -0.2) is 18.6 Å². The van der Waals surface area contributed by atoms with Crippen molar-refractivity contribution in [1.29, 1.82) is 0 Å². The summed E-state index contributed by atoms with van der Waals surface area (Å²) in [6, 6.07) is 14.9. The van der Waals surface area contributed by atoms with E-state index >= 15 is 0 Å². The fourth-order valence-electron chi connectivity index (χ4n) is 3.75. The lowest BCUT2D eigenvalue weighted by atomic mass is 10.1. The summed E-state index contributed by atoms with van der Waals surface area (Å²) in [5.41, 5.74) is 3.17. The first kappa shape index (κ1) is 17.3. The summed E-state index contributed by atoms with van der Waals surface area (Å²) in [4.78, 5) is 26.2. The Bertz CT molecular complexity index is 1070. The van der Waals surface area contributed by atoms with Gasteiger partial charge in [-0.1, -0.05) is 25.1 Å². The van der Waals surface area contributed by atoms with Crippen LogP contribution in [0.4, 0.5) is 5.69 Å². The third kappa shape index (κ3) is 3.21. The van der Waals surface area contributed by atoms with E-state index in [0.29, 0.717) is 11.3 Å². The van der Waals surface area contributed by atoms with E-state index in [-0.39, 0.29) is 24.2 Å². The van der Waals surface area contributed by atoms with Gasteiger partial charge < -0.3 is 14.1 Å². The Morgan fingerprint density at radius 3 is 2.85 bits per heavy atom. The average molecular weight is 363 g/mol. The van der Waals surface area contributed by atoms with Crippen LogP contribution >= 0.6 is 0 Å². The summed E-state index contributed by atoms with van der Waals surface area (Å²) in [5, 5.41) is 0.887. The molecule has 0 bridgehead atoms. The number of anilines is 1. The molecule has 0 spiro atoms. The molecule has 4 rings (SSSR count). The maximum Gasteiger partial charge on any atom is 0.336 e. The quantitative estimate of drug-likeness (QED) is 0.663. The molecule has 2 aromatic carbocycles. The zero-order valence-corrected chi connectivity index (χ0v) is 15.4. The van der Waals surface area contributed by atoms with Crippen LogP contribution in [0.2, 0.25) is 0 Å². The minimum Gasteiger partial charge on any atom is -0.484 e. The van der Waals surface area contributed by atoms with Gasteiger partial charge in [0.05, 0.1) is 0 Å². The molecule has 1 aromatic heterocycles. The highest BCUT2D eigenvalue weighted by molar-refractivity contribution is 5.97. The van der Waals surface area contributed by atoms with Gasteiger partial charge in [0.15, 0.2) is 6.61 Å². The number of hydrogen-bond acceptors (Lipinski definition) is 4. The number of ether oxygens (including phenoxy) is 1. The molecule has 1 unspecified atom stereocenters. The maximum absolute atomic E-state index is 12.7. The van der Waals surface area contributed by atoms with E-state index in [1.165, 1.54) is 11.6 Å².